The van der Waals surface area contributed by atoms with Crippen molar-refractivity contribution >= 4 is 34.5 Å². The van der Waals surface area contributed by atoms with Crippen LogP contribution in [0, 0.1) is 3.57 Å². The van der Waals surface area contributed by atoms with Crippen LogP contribution in [0.4, 0.5) is 0 Å². The first-order valence-electron chi connectivity index (χ1n) is 4.73. The average Bonchev–Trinajstić information content (AvgIpc) is 2.74. The number of oxazole rings is 1. The highest BCUT2D eigenvalue weighted by atomic mass is 127. The molecule has 0 aliphatic rings. The molecule has 2 aromatic rings. The van der Waals surface area contributed by atoms with Crippen molar-refractivity contribution in [1.29, 1.82) is 0 Å². The Hall–Kier alpha value is -1.90. The standard InChI is InChI=1S/C11H6INO5/c12-6-4-2-1-3-5(6)9-13-7(10(14)15)8(18-9)11(16)17/h1-4H,(H,14,15)(H,16,17). The average molecular weight is 359 g/mol. The van der Waals surface area contributed by atoms with Gasteiger partial charge in [0.25, 0.3) is 0 Å². The molecule has 0 unspecified atom stereocenters. The van der Waals surface area contributed by atoms with Crippen molar-refractivity contribution < 1.29 is 24.2 Å². The fourth-order valence-electron chi connectivity index (χ4n) is 1.36. The minimum Gasteiger partial charge on any atom is -0.476 e. The SMILES string of the molecule is O=C(O)c1nc(-c2ccccc2I)oc1C(=O)O. The summed E-state index contributed by atoms with van der Waals surface area (Å²) in [6, 6.07) is 6.97. The van der Waals surface area contributed by atoms with Gasteiger partial charge in [-0.05, 0) is 34.7 Å². The second kappa shape index (κ2) is 4.77. The van der Waals surface area contributed by atoms with Gasteiger partial charge in [0.15, 0.2) is 0 Å². The van der Waals surface area contributed by atoms with Gasteiger partial charge in [0.05, 0.1) is 5.56 Å². The minimum absolute atomic E-state index is 0.0187. The number of benzene rings is 1. The Labute approximate surface area is 114 Å². The number of hydrogen-bond donors (Lipinski definition) is 2. The first-order chi connectivity index (χ1) is 8.50. The lowest BCUT2D eigenvalue weighted by Gasteiger charge is -1.97. The smallest absolute Gasteiger partial charge is 0.374 e. The molecule has 0 fully saturated rings. The Kier molecular flexibility index (Phi) is 3.32. The van der Waals surface area contributed by atoms with Crippen LogP contribution in [0.1, 0.15) is 21.0 Å². The molecule has 0 radical (unpaired) electrons. The molecule has 0 saturated heterocycles. The van der Waals surface area contributed by atoms with E-state index < -0.39 is 23.4 Å². The molecule has 7 heteroatoms. The molecule has 18 heavy (non-hydrogen) atoms. The molecular weight excluding hydrogens is 353 g/mol. The Morgan fingerprint density at radius 3 is 2.33 bits per heavy atom. The van der Waals surface area contributed by atoms with E-state index in [1.54, 1.807) is 24.3 Å². The van der Waals surface area contributed by atoms with Crippen molar-refractivity contribution in [3.05, 3.63) is 39.3 Å². The van der Waals surface area contributed by atoms with Crippen LogP contribution < -0.4 is 0 Å². The second-order valence-corrected chi connectivity index (χ2v) is 4.45. The highest BCUT2D eigenvalue weighted by molar-refractivity contribution is 14.1. The third kappa shape index (κ3) is 2.21. The first-order valence-corrected chi connectivity index (χ1v) is 5.81. The van der Waals surface area contributed by atoms with Crippen molar-refractivity contribution in [3.8, 4) is 11.5 Å². The van der Waals surface area contributed by atoms with Crippen LogP contribution in [-0.4, -0.2) is 27.1 Å². The fraction of sp³-hybridized carbons (Fsp3) is 0. The summed E-state index contributed by atoms with van der Waals surface area (Å²) in [6.07, 6.45) is 0. The van der Waals surface area contributed by atoms with Crippen LogP contribution in [0.3, 0.4) is 0 Å². The molecule has 1 aromatic carbocycles. The summed E-state index contributed by atoms with van der Waals surface area (Å²) in [5, 5.41) is 17.7. The number of hydrogen-bond acceptors (Lipinski definition) is 4. The first kappa shape index (κ1) is 12.6. The Bertz CT molecular complexity index is 603. The van der Waals surface area contributed by atoms with E-state index in [0.717, 1.165) is 3.57 Å². The van der Waals surface area contributed by atoms with Gasteiger partial charge < -0.3 is 14.6 Å². The van der Waals surface area contributed by atoms with E-state index in [1.165, 1.54) is 0 Å². The van der Waals surface area contributed by atoms with E-state index in [1.807, 2.05) is 22.6 Å². The predicted molar refractivity (Wildman–Crippen MR) is 68.6 cm³/mol. The van der Waals surface area contributed by atoms with Gasteiger partial charge in [0.2, 0.25) is 17.3 Å². The summed E-state index contributed by atoms with van der Waals surface area (Å²) in [5.74, 6) is -3.59. The van der Waals surface area contributed by atoms with Crippen LogP contribution >= 0.6 is 22.6 Å². The maximum atomic E-state index is 10.9. The quantitative estimate of drug-likeness (QED) is 0.816. The Morgan fingerprint density at radius 1 is 1.17 bits per heavy atom. The van der Waals surface area contributed by atoms with Crippen molar-refractivity contribution in [1.82, 2.24) is 4.98 Å². The molecule has 1 heterocycles. The van der Waals surface area contributed by atoms with Gasteiger partial charge in [-0.25, -0.2) is 14.6 Å². The van der Waals surface area contributed by atoms with Crippen LogP contribution in [0.25, 0.3) is 11.5 Å². The molecule has 2 N–H and O–H groups in total. The molecule has 6 nitrogen and oxygen atoms in total. The Balaban J connectivity index is 2.61. The van der Waals surface area contributed by atoms with Crippen molar-refractivity contribution in [2.24, 2.45) is 0 Å². The molecule has 0 amide bonds. The number of carbonyl (C=O) groups is 2. The number of aromatic carboxylic acids is 2. The molecule has 92 valence electrons. The highest BCUT2D eigenvalue weighted by Gasteiger charge is 2.25. The lowest BCUT2D eigenvalue weighted by atomic mass is 10.2. The number of rotatable bonds is 3. The number of nitrogens with zero attached hydrogens (tertiary/aromatic N) is 1. The third-order valence-corrected chi connectivity index (χ3v) is 3.07. The molecule has 0 spiro atoms. The van der Waals surface area contributed by atoms with E-state index >= 15 is 0 Å². The molecule has 0 aliphatic heterocycles. The number of carboxylic acid groups (broad SMARTS) is 2. The number of carboxylic acids is 2. The van der Waals surface area contributed by atoms with E-state index in [2.05, 4.69) is 4.98 Å². The summed E-state index contributed by atoms with van der Waals surface area (Å²) >= 11 is 2.02. The summed E-state index contributed by atoms with van der Waals surface area (Å²) in [5.41, 5.74) is -0.0507. The van der Waals surface area contributed by atoms with E-state index in [-0.39, 0.29) is 5.89 Å². The topological polar surface area (TPSA) is 101 Å². The monoisotopic (exact) mass is 359 g/mol. The lowest BCUT2D eigenvalue weighted by Crippen LogP contribution is -2.05. The van der Waals surface area contributed by atoms with Gasteiger partial charge in [-0.1, -0.05) is 12.1 Å². The lowest BCUT2D eigenvalue weighted by molar-refractivity contribution is 0.0624. The van der Waals surface area contributed by atoms with Gasteiger partial charge >= 0.3 is 11.9 Å². The molecule has 2 rings (SSSR count). The van der Waals surface area contributed by atoms with E-state index in [9.17, 15) is 9.59 Å². The zero-order chi connectivity index (χ0) is 13.3. The molecule has 0 atom stereocenters. The van der Waals surface area contributed by atoms with Crippen molar-refractivity contribution in [2.45, 2.75) is 0 Å². The van der Waals surface area contributed by atoms with Gasteiger partial charge in [-0.3, -0.25) is 0 Å². The summed E-state index contributed by atoms with van der Waals surface area (Å²) < 4.78 is 5.79. The minimum atomic E-state index is -1.46. The zero-order valence-corrected chi connectivity index (χ0v) is 10.9. The maximum absolute atomic E-state index is 10.9. The summed E-state index contributed by atoms with van der Waals surface area (Å²) in [4.78, 5) is 25.4. The van der Waals surface area contributed by atoms with Gasteiger partial charge in [-0.2, -0.15) is 0 Å². The zero-order valence-electron chi connectivity index (χ0n) is 8.75. The molecule has 0 saturated carbocycles. The molecule has 1 aromatic heterocycles. The van der Waals surface area contributed by atoms with Gasteiger partial charge in [-0.15, -0.1) is 0 Å². The predicted octanol–water partition coefficient (Wildman–Crippen LogP) is 2.34. The summed E-state index contributed by atoms with van der Waals surface area (Å²) in [6.45, 7) is 0. The summed E-state index contributed by atoms with van der Waals surface area (Å²) in [7, 11) is 0. The number of aromatic nitrogens is 1. The van der Waals surface area contributed by atoms with Gasteiger partial charge in [0.1, 0.15) is 0 Å². The normalized spacial score (nSPS) is 10.3. The fourth-order valence-corrected chi connectivity index (χ4v) is 1.98. The molecular formula is C11H6INO5. The maximum Gasteiger partial charge on any atom is 0.374 e. The van der Waals surface area contributed by atoms with Crippen LogP contribution in [0.2, 0.25) is 0 Å². The van der Waals surface area contributed by atoms with Crippen molar-refractivity contribution in [3.63, 3.8) is 0 Å². The highest BCUT2D eigenvalue weighted by Crippen LogP contribution is 2.26. The van der Waals surface area contributed by atoms with Crippen LogP contribution in [0.15, 0.2) is 28.7 Å². The van der Waals surface area contributed by atoms with Crippen LogP contribution in [-0.2, 0) is 0 Å². The van der Waals surface area contributed by atoms with E-state index in [4.69, 9.17) is 14.6 Å². The van der Waals surface area contributed by atoms with Gasteiger partial charge in [0, 0.05) is 3.57 Å². The number of halogens is 1. The van der Waals surface area contributed by atoms with Crippen LogP contribution in [0.5, 0.6) is 0 Å². The largest absolute Gasteiger partial charge is 0.476 e. The molecule has 0 aliphatic carbocycles. The van der Waals surface area contributed by atoms with E-state index in [0.29, 0.717) is 5.56 Å². The second-order valence-electron chi connectivity index (χ2n) is 3.29. The van der Waals surface area contributed by atoms with Crippen molar-refractivity contribution in [2.75, 3.05) is 0 Å². The Morgan fingerprint density at radius 2 is 1.83 bits per heavy atom. The molecule has 0 bridgehead atoms. The third-order valence-electron chi connectivity index (χ3n) is 2.13.